The summed E-state index contributed by atoms with van der Waals surface area (Å²) in [7, 11) is 1.34. The standard InChI is InChI=1S/C14H12ClNO2/c1-18-14(17)11-8-5-9-12(15)13(11)16-10-6-3-2-4-7-10/h2-9,16H,1H3. The molecular formula is C14H12ClNO2. The molecule has 0 aliphatic carbocycles. The van der Waals surface area contributed by atoms with Crippen LogP contribution in [-0.2, 0) is 4.74 Å². The highest BCUT2D eigenvalue weighted by molar-refractivity contribution is 6.34. The summed E-state index contributed by atoms with van der Waals surface area (Å²) in [5.41, 5.74) is 1.82. The van der Waals surface area contributed by atoms with Gasteiger partial charge in [0.05, 0.1) is 23.4 Å². The van der Waals surface area contributed by atoms with E-state index in [-0.39, 0.29) is 0 Å². The number of methoxy groups -OCH3 is 1. The summed E-state index contributed by atoms with van der Waals surface area (Å²) >= 11 is 6.11. The molecular weight excluding hydrogens is 250 g/mol. The number of ether oxygens (including phenoxy) is 1. The largest absolute Gasteiger partial charge is 0.465 e. The number of anilines is 2. The Hall–Kier alpha value is -2.00. The lowest BCUT2D eigenvalue weighted by Gasteiger charge is -2.12. The molecule has 0 spiro atoms. The maximum atomic E-state index is 11.7. The van der Waals surface area contributed by atoms with Crippen molar-refractivity contribution in [3.8, 4) is 0 Å². The molecule has 0 aliphatic heterocycles. The van der Waals surface area contributed by atoms with Gasteiger partial charge in [-0.3, -0.25) is 0 Å². The van der Waals surface area contributed by atoms with Gasteiger partial charge in [0.2, 0.25) is 0 Å². The third kappa shape index (κ3) is 2.63. The average Bonchev–Trinajstić information content (AvgIpc) is 2.41. The van der Waals surface area contributed by atoms with Crippen LogP contribution in [0.1, 0.15) is 10.4 Å². The van der Waals surface area contributed by atoms with Gasteiger partial charge in [0.1, 0.15) is 0 Å². The van der Waals surface area contributed by atoms with Crippen LogP contribution >= 0.6 is 11.6 Å². The van der Waals surface area contributed by atoms with E-state index in [2.05, 4.69) is 5.32 Å². The first-order chi connectivity index (χ1) is 8.72. The van der Waals surface area contributed by atoms with E-state index in [4.69, 9.17) is 16.3 Å². The van der Waals surface area contributed by atoms with Gasteiger partial charge in [-0.2, -0.15) is 0 Å². The SMILES string of the molecule is COC(=O)c1cccc(Cl)c1Nc1ccccc1. The van der Waals surface area contributed by atoms with Crippen LogP contribution in [0.25, 0.3) is 0 Å². The summed E-state index contributed by atoms with van der Waals surface area (Å²) in [6.45, 7) is 0. The maximum absolute atomic E-state index is 11.7. The van der Waals surface area contributed by atoms with E-state index in [0.717, 1.165) is 5.69 Å². The van der Waals surface area contributed by atoms with E-state index in [1.807, 2.05) is 30.3 Å². The number of nitrogens with one attached hydrogen (secondary N) is 1. The van der Waals surface area contributed by atoms with Crippen molar-refractivity contribution in [1.29, 1.82) is 0 Å². The summed E-state index contributed by atoms with van der Waals surface area (Å²) in [5, 5.41) is 3.60. The molecule has 0 bridgehead atoms. The Bertz CT molecular complexity index is 555. The van der Waals surface area contributed by atoms with Crippen LogP contribution in [0.15, 0.2) is 48.5 Å². The Balaban J connectivity index is 2.40. The molecule has 0 heterocycles. The van der Waals surface area contributed by atoms with Crippen molar-refractivity contribution in [2.24, 2.45) is 0 Å². The van der Waals surface area contributed by atoms with E-state index in [9.17, 15) is 4.79 Å². The molecule has 4 heteroatoms. The van der Waals surface area contributed by atoms with Crippen molar-refractivity contribution in [3.63, 3.8) is 0 Å². The highest BCUT2D eigenvalue weighted by Gasteiger charge is 2.14. The van der Waals surface area contributed by atoms with Crippen molar-refractivity contribution < 1.29 is 9.53 Å². The van der Waals surface area contributed by atoms with Crippen molar-refractivity contribution in [3.05, 3.63) is 59.1 Å². The van der Waals surface area contributed by atoms with Gasteiger partial charge in [-0.1, -0.05) is 35.9 Å². The van der Waals surface area contributed by atoms with Crippen LogP contribution in [0.5, 0.6) is 0 Å². The van der Waals surface area contributed by atoms with Gasteiger partial charge >= 0.3 is 5.97 Å². The smallest absolute Gasteiger partial charge is 0.340 e. The molecule has 1 N–H and O–H groups in total. The van der Waals surface area contributed by atoms with E-state index in [1.54, 1.807) is 18.2 Å². The van der Waals surface area contributed by atoms with Gasteiger partial charge in [0.25, 0.3) is 0 Å². The molecule has 0 aliphatic rings. The Morgan fingerprint density at radius 2 is 1.83 bits per heavy atom. The normalized spacial score (nSPS) is 9.89. The third-order valence-electron chi connectivity index (χ3n) is 2.46. The number of halogens is 1. The topological polar surface area (TPSA) is 38.3 Å². The first-order valence-electron chi connectivity index (χ1n) is 5.41. The van der Waals surface area contributed by atoms with Crippen molar-refractivity contribution in [2.45, 2.75) is 0 Å². The summed E-state index contributed by atoms with van der Waals surface area (Å²) < 4.78 is 4.73. The summed E-state index contributed by atoms with van der Waals surface area (Å²) in [5.74, 6) is -0.420. The number of carbonyl (C=O) groups is 1. The summed E-state index contributed by atoms with van der Waals surface area (Å²) in [4.78, 5) is 11.7. The van der Waals surface area contributed by atoms with Crippen LogP contribution in [0.4, 0.5) is 11.4 Å². The van der Waals surface area contributed by atoms with Gasteiger partial charge in [-0.25, -0.2) is 4.79 Å². The van der Waals surface area contributed by atoms with E-state index in [0.29, 0.717) is 16.3 Å². The third-order valence-corrected chi connectivity index (χ3v) is 2.78. The molecule has 0 amide bonds. The molecule has 2 aromatic rings. The molecule has 0 saturated carbocycles. The lowest BCUT2D eigenvalue weighted by atomic mass is 10.1. The lowest BCUT2D eigenvalue weighted by Crippen LogP contribution is -2.06. The van der Waals surface area contributed by atoms with Gasteiger partial charge in [-0.15, -0.1) is 0 Å². The molecule has 0 atom stereocenters. The van der Waals surface area contributed by atoms with Crippen LogP contribution in [0, 0.1) is 0 Å². The fraction of sp³-hybridized carbons (Fsp3) is 0.0714. The minimum Gasteiger partial charge on any atom is -0.465 e. The molecule has 0 unspecified atom stereocenters. The Labute approximate surface area is 110 Å². The minimum absolute atomic E-state index is 0.411. The molecule has 0 radical (unpaired) electrons. The first kappa shape index (κ1) is 12.5. The molecule has 3 nitrogen and oxygen atoms in total. The molecule has 2 rings (SSSR count). The Kier molecular flexibility index (Phi) is 3.85. The zero-order valence-electron chi connectivity index (χ0n) is 9.81. The second-order valence-electron chi connectivity index (χ2n) is 3.65. The predicted molar refractivity (Wildman–Crippen MR) is 72.5 cm³/mol. The van der Waals surface area contributed by atoms with Crippen molar-refractivity contribution >= 4 is 28.9 Å². The van der Waals surface area contributed by atoms with E-state index < -0.39 is 5.97 Å². The second-order valence-corrected chi connectivity index (χ2v) is 4.05. The fourth-order valence-electron chi connectivity index (χ4n) is 1.60. The van der Waals surface area contributed by atoms with E-state index in [1.165, 1.54) is 7.11 Å². The number of para-hydroxylation sites is 2. The molecule has 0 aromatic heterocycles. The number of benzene rings is 2. The summed E-state index contributed by atoms with van der Waals surface area (Å²) in [6, 6.07) is 14.6. The van der Waals surface area contributed by atoms with Crippen LogP contribution in [-0.4, -0.2) is 13.1 Å². The lowest BCUT2D eigenvalue weighted by molar-refractivity contribution is 0.0602. The first-order valence-corrected chi connectivity index (χ1v) is 5.79. The summed E-state index contributed by atoms with van der Waals surface area (Å²) in [6.07, 6.45) is 0. The quantitative estimate of drug-likeness (QED) is 0.853. The monoisotopic (exact) mass is 261 g/mol. The number of rotatable bonds is 3. The zero-order chi connectivity index (χ0) is 13.0. The maximum Gasteiger partial charge on any atom is 0.340 e. The van der Waals surface area contributed by atoms with Gasteiger partial charge in [0.15, 0.2) is 0 Å². The van der Waals surface area contributed by atoms with Crippen LogP contribution in [0.2, 0.25) is 5.02 Å². The Morgan fingerprint density at radius 3 is 2.50 bits per heavy atom. The molecule has 0 saturated heterocycles. The average molecular weight is 262 g/mol. The van der Waals surface area contributed by atoms with E-state index >= 15 is 0 Å². The van der Waals surface area contributed by atoms with Crippen molar-refractivity contribution in [1.82, 2.24) is 0 Å². The second kappa shape index (κ2) is 5.56. The highest BCUT2D eigenvalue weighted by atomic mass is 35.5. The Morgan fingerprint density at radius 1 is 1.11 bits per heavy atom. The van der Waals surface area contributed by atoms with Crippen molar-refractivity contribution in [2.75, 3.05) is 12.4 Å². The predicted octanol–water partition coefficient (Wildman–Crippen LogP) is 3.87. The highest BCUT2D eigenvalue weighted by Crippen LogP contribution is 2.29. The van der Waals surface area contributed by atoms with Gasteiger partial charge in [-0.05, 0) is 24.3 Å². The number of hydrogen-bond acceptors (Lipinski definition) is 3. The number of hydrogen-bond donors (Lipinski definition) is 1. The van der Waals surface area contributed by atoms with Gasteiger partial charge in [0, 0.05) is 5.69 Å². The molecule has 0 fully saturated rings. The van der Waals surface area contributed by atoms with Gasteiger partial charge < -0.3 is 10.1 Å². The number of esters is 1. The minimum atomic E-state index is -0.420. The van der Waals surface area contributed by atoms with Crippen LogP contribution < -0.4 is 5.32 Å². The fourth-order valence-corrected chi connectivity index (χ4v) is 1.82. The molecule has 92 valence electrons. The molecule has 18 heavy (non-hydrogen) atoms. The zero-order valence-corrected chi connectivity index (χ0v) is 10.6. The number of carbonyl (C=O) groups excluding carboxylic acids is 1. The van der Waals surface area contributed by atoms with Crippen LogP contribution in [0.3, 0.4) is 0 Å². The molecule has 2 aromatic carbocycles.